The standard InChI is InChI=1S/C22H35N3O2/c1-4-23-22(24-15-19(17(2)3)18-9-6-5-7-10-18)25-12-14-27-21(16-25)20-11-8-13-26-20/h5-7,9-10,17,19-21H,4,8,11-16H2,1-3H3,(H,23,24). The Bertz CT molecular complexity index is 584. The molecule has 0 aromatic heterocycles. The van der Waals surface area contributed by atoms with Gasteiger partial charge in [-0.1, -0.05) is 44.2 Å². The van der Waals surface area contributed by atoms with Crippen LogP contribution in [0.1, 0.15) is 45.1 Å². The average Bonchev–Trinajstić information content (AvgIpc) is 3.23. The van der Waals surface area contributed by atoms with Crippen LogP contribution in [0.15, 0.2) is 35.3 Å². The van der Waals surface area contributed by atoms with Crippen molar-refractivity contribution in [1.82, 2.24) is 10.2 Å². The molecule has 0 amide bonds. The van der Waals surface area contributed by atoms with Crippen LogP contribution >= 0.6 is 0 Å². The molecule has 2 saturated heterocycles. The van der Waals surface area contributed by atoms with Gasteiger partial charge in [0.1, 0.15) is 6.10 Å². The van der Waals surface area contributed by atoms with Crippen molar-refractivity contribution in [1.29, 1.82) is 0 Å². The number of aliphatic imine (C=N–C) groups is 1. The monoisotopic (exact) mass is 373 g/mol. The maximum Gasteiger partial charge on any atom is 0.194 e. The fourth-order valence-electron chi connectivity index (χ4n) is 4.00. The number of guanidine groups is 1. The molecule has 0 saturated carbocycles. The van der Waals surface area contributed by atoms with Crippen molar-refractivity contribution in [2.24, 2.45) is 10.9 Å². The molecule has 3 unspecified atom stereocenters. The highest BCUT2D eigenvalue weighted by Crippen LogP contribution is 2.25. The van der Waals surface area contributed by atoms with Crippen LogP contribution in [-0.2, 0) is 9.47 Å². The molecule has 27 heavy (non-hydrogen) atoms. The lowest BCUT2D eigenvalue weighted by atomic mass is 9.88. The van der Waals surface area contributed by atoms with Gasteiger partial charge in [0, 0.05) is 38.7 Å². The maximum atomic E-state index is 6.00. The minimum atomic E-state index is 0.153. The summed E-state index contributed by atoms with van der Waals surface area (Å²) >= 11 is 0. The lowest BCUT2D eigenvalue weighted by Gasteiger charge is -2.37. The Kier molecular flexibility index (Phi) is 7.53. The molecular formula is C22H35N3O2. The summed E-state index contributed by atoms with van der Waals surface area (Å²) in [4.78, 5) is 7.38. The van der Waals surface area contributed by atoms with Gasteiger partial charge in [0.05, 0.1) is 12.7 Å². The molecule has 0 spiro atoms. The molecule has 5 nitrogen and oxygen atoms in total. The number of hydrogen-bond donors (Lipinski definition) is 1. The Morgan fingerprint density at radius 2 is 1.96 bits per heavy atom. The largest absolute Gasteiger partial charge is 0.375 e. The summed E-state index contributed by atoms with van der Waals surface area (Å²) in [6.07, 6.45) is 2.64. The zero-order valence-electron chi connectivity index (χ0n) is 17.1. The Morgan fingerprint density at radius 3 is 2.63 bits per heavy atom. The highest BCUT2D eigenvalue weighted by Gasteiger charge is 2.32. The van der Waals surface area contributed by atoms with E-state index in [2.05, 4.69) is 61.3 Å². The summed E-state index contributed by atoms with van der Waals surface area (Å²) in [6.45, 7) is 11.7. The fraction of sp³-hybridized carbons (Fsp3) is 0.682. The molecule has 2 heterocycles. The van der Waals surface area contributed by atoms with Crippen LogP contribution in [0.4, 0.5) is 0 Å². The van der Waals surface area contributed by atoms with E-state index in [0.717, 1.165) is 58.2 Å². The van der Waals surface area contributed by atoms with Crippen molar-refractivity contribution >= 4 is 5.96 Å². The lowest BCUT2D eigenvalue weighted by Crippen LogP contribution is -2.53. The summed E-state index contributed by atoms with van der Waals surface area (Å²) < 4.78 is 11.9. The van der Waals surface area contributed by atoms with Gasteiger partial charge >= 0.3 is 0 Å². The first-order valence-corrected chi connectivity index (χ1v) is 10.5. The third-order valence-corrected chi connectivity index (χ3v) is 5.58. The molecule has 0 bridgehead atoms. The smallest absolute Gasteiger partial charge is 0.194 e. The Hall–Kier alpha value is -1.59. The minimum Gasteiger partial charge on any atom is -0.375 e. The average molecular weight is 374 g/mol. The summed E-state index contributed by atoms with van der Waals surface area (Å²) in [5.41, 5.74) is 1.37. The molecule has 3 atom stereocenters. The lowest BCUT2D eigenvalue weighted by molar-refractivity contribution is -0.0817. The van der Waals surface area contributed by atoms with Gasteiger partial charge in [-0.25, -0.2) is 0 Å². The number of benzene rings is 1. The van der Waals surface area contributed by atoms with Crippen molar-refractivity contribution in [2.45, 2.75) is 51.7 Å². The summed E-state index contributed by atoms with van der Waals surface area (Å²) in [5.74, 6) is 1.98. The Balaban J connectivity index is 1.69. The predicted octanol–water partition coefficient (Wildman–Crippen LogP) is 3.27. The third kappa shape index (κ3) is 5.45. The number of hydrogen-bond acceptors (Lipinski definition) is 3. The van der Waals surface area contributed by atoms with E-state index in [1.165, 1.54) is 5.56 Å². The number of nitrogens with zero attached hydrogens (tertiary/aromatic N) is 2. The first-order valence-electron chi connectivity index (χ1n) is 10.5. The van der Waals surface area contributed by atoms with Gasteiger partial charge in [0.25, 0.3) is 0 Å². The molecule has 1 aromatic rings. The molecule has 2 aliphatic heterocycles. The van der Waals surface area contributed by atoms with Crippen LogP contribution in [0.2, 0.25) is 0 Å². The second-order valence-electron chi connectivity index (χ2n) is 7.86. The number of nitrogens with one attached hydrogen (secondary N) is 1. The maximum absolute atomic E-state index is 6.00. The van der Waals surface area contributed by atoms with Crippen molar-refractivity contribution < 1.29 is 9.47 Å². The molecule has 1 aromatic carbocycles. The number of rotatable bonds is 6. The van der Waals surface area contributed by atoms with Crippen LogP contribution in [0.3, 0.4) is 0 Å². The SMILES string of the molecule is CCNC(=NCC(c1ccccc1)C(C)C)N1CCOC(C2CCCO2)C1. The van der Waals surface area contributed by atoms with E-state index >= 15 is 0 Å². The van der Waals surface area contributed by atoms with Gasteiger partial charge in [0.2, 0.25) is 0 Å². The van der Waals surface area contributed by atoms with E-state index in [0.29, 0.717) is 11.8 Å². The van der Waals surface area contributed by atoms with Gasteiger partial charge in [-0.3, -0.25) is 4.99 Å². The first-order chi connectivity index (χ1) is 13.2. The summed E-state index contributed by atoms with van der Waals surface area (Å²) in [6, 6.07) is 10.7. The quantitative estimate of drug-likeness (QED) is 0.614. The Morgan fingerprint density at radius 1 is 1.19 bits per heavy atom. The van der Waals surface area contributed by atoms with Crippen LogP contribution in [0, 0.1) is 5.92 Å². The summed E-state index contributed by atoms with van der Waals surface area (Å²) in [7, 11) is 0. The van der Waals surface area contributed by atoms with Crippen molar-refractivity contribution in [3.8, 4) is 0 Å². The molecule has 3 rings (SSSR count). The van der Waals surface area contributed by atoms with E-state index in [4.69, 9.17) is 14.5 Å². The molecule has 0 radical (unpaired) electrons. The van der Waals surface area contributed by atoms with E-state index in [9.17, 15) is 0 Å². The van der Waals surface area contributed by atoms with Gasteiger partial charge < -0.3 is 19.7 Å². The third-order valence-electron chi connectivity index (χ3n) is 5.58. The zero-order chi connectivity index (χ0) is 19.1. The van der Waals surface area contributed by atoms with Crippen LogP contribution < -0.4 is 5.32 Å². The van der Waals surface area contributed by atoms with Gasteiger partial charge in [-0.15, -0.1) is 0 Å². The van der Waals surface area contributed by atoms with Gasteiger partial charge in [-0.05, 0) is 31.2 Å². The van der Waals surface area contributed by atoms with E-state index in [1.807, 2.05) is 0 Å². The minimum absolute atomic E-state index is 0.153. The molecular weight excluding hydrogens is 338 g/mol. The number of morpholine rings is 1. The molecule has 1 N–H and O–H groups in total. The van der Waals surface area contributed by atoms with Gasteiger partial charge in [0.15, 0.2) is 5.96 Å². The van der Waals surface area contributed by atoms with Crippen molar-refractivity contribution in [2.75, 3.05) is 39.4 Å². The van der Waals surface area contributed by atoms with E-state index < -0.39 is 0 Å². The highest BCUT2D eigenvalue weighted by molar-refractivity contribution is 5.80. The predicted molar refractivity (Wildman–Crippen MR) is 110 cm³/mol. The van der Waals surface area contributed by atoms with Crippen molar-refractivity contribution in [3.05, 3.63) is 35.9 Å². The van der Waals surface area contributed by atoms with Crippen LogP contribution in [0.5, 0.6) is 0 Å². The van der Waals surface area contributed by atoms with Crippen LogP contribution in [-0.4, -0.2) is 62.5 Å². The highest BCUT2D eigenvalue weighted by atomic mass is 16.5. The fourth-order valence-corrected chi connectivity index (χ4v) is 4.00. The normalized spacial score (nSPS) is 25.0. The van der Waals surface area contributed by atoms with E-state index in [1.54, 1.807) is 0 Å². The zero-order valence-corrected chi connectivity index (χ0v) is 17.1. The Labute approximate surface area is 164 Å². The summed E-state index contributed by atoms with van der Waals surface area (Å²) in [5, 5.41) is 3.49. The second-order valence-corrected chi connectivity index (χ2v) is 7.86. The molecule has 0 aliphatic carbocycles. The van der Waals surface area contributed by atoms with Gasteiger partial charge in [-0.2, -0.15) is 0 Å². The first kappa shape index (κ1) is 20.2. The van der Waals surface area contributed by atoms with E-state index in [-0.39, 0.29) is 12.2 Å². The topological polar surface area (TPSA) is 46.1 Å². The molecule has 2 fully saturated rings. The van der Waals surface area contributed by atoms with Crippen molar-refractivity contribution in [3.63, 3.8) is 0 Å². The second kappa shape index (κ2) is 10.1. The molecule has 2 aliphatic rings. The molecule has 5 heteroatoms. The number of ether oxygens (including phenoxy) is 2. The van der Waals surface area contributed by atoms with Crippen LogP contribution in [0.25, 0.3) is 0 Å². The molecule has 150 valence electrons.